The van der Waals surface area contributed by atoms with Crippen LogP contribution in [0, 0.1) is 17.8 Å². The molecule has 0 bridgehead atoms. The number of nitrogens with two attached hydrogens (primary N) is 1. The Hall–Kier alpha value is -0.370. The highest BCUT2D eigenvalue weighted by molar-refractivity contribution is 5.78. The predicted molar refractivity (Wildman–Crippen MR) is 65.7 cm³/mol. The van der Waals surface area contributed by atoms with Crippen LogP contribution in [0.25, 0.3) is 0 Å². The average Bonchev–Trinajstić information content (AvgIpc) is 2.15. The van der Waals surface area contributed by atoms with Crippen molar-refractivity contribution in [3.8, 4) is 0 Å². The molecule has 2 heteroatoms. The Morgan fingerprint density at radius 3 is 2.20 bits per heavy atom. The Balaban J connectivity index is 3.90. The molecule has 0 aliphatic carbocycles. The van der Waals surface area contributed by atoms with Gasteiger partial charge in [0.05, 0.1) is 0 Å². The molecule has 0 aromatic rings. The summed E-state index contributed by atoms with van der Waals surface area (Å²) in [4.78, 5) is 11.7. The number of hydrogen-bond acceptors (Lipinski definition) is 2. The van der Waals surface area contributed by atoms with Crippen LogP contribution in [0.3, 0.4) is 0 Å². The van der Waals surface area contributed by atoms with Crippen LogP contribution >= 0.6 is 0 Å². The van der Waals surface area contributed by atoms with Gasteiger partial charge in [0.15, 0.2) is 0 Å². The molecule has 0 amide bonds. The first kappa shape index (κ1) is 14.6. The number of rotatable bonds is 8. The van der Waals surface area contributed by atoms with E-state index in [0.29, 0.717) is 36.5 Å². The Kier molecular flexibility index (Phi) is 7.67. The van der Waals surface area contributed by atoms with E-state index in [9.17, 15) is 4.79 Å². The molecule has 0 aliphatic heterocycles. The molecule has 0 saturated heterocycles. The molecular weight excluding hydrogens is 186 g/mol. The van der Waals surface area contributed by atoms with Gasteiger partial charge in [-0.15, -0.1) is 0 Å². The summed E-state index contributed by atoms with van der Waals surface area (Å²) < 4.78 is 0. The summed E-state index contributed by atoms with van der Waals surface area (Å²) in [5.41, 5.74) is 5.68. The highest BCUT2D eigenvalue weighted by atomic mass is 16.1. The lowest BCUT2D eigenvalue weighted by atomic mass is 9.90. The Morgan fingerprint density at radius 2 is 1.80 bits per heavy atom. The molecule has 0 rings (SSSR count). The summed E-state index contributed by atoms with van der Waals surface area (Å²) in [6, 6.07) is 0. The van der Waals surface area contributed by atoms with Crippen molar-refractivity contribution in [2.45, 2.75) is 53.4 Å². The van der Waals surface area contributed by atoms with Crippen LogP contribution in [-0.4, -0.2) is 12.3 Å². The van der Waals surface area contributed by atoms with Gasteiger partial charge in [0.25, 0.3) is 0 Å². The third-order valence-electron chi connectivity index (χ3n) is 2.93. The summed E-state index contributed by atoms with van der Waals surface area (Å²) in [6.07, 6.45) is 3.57. The van der Waals surface area contributed by atoms with Crippen LogP contribution in [-0.2, 0) is 4.79 Å². The van der Waals surface area contributed by atoms with Crippen molar-refractivity contribution in [3.05, 3.63) is 0 Å². The predicted octanol–water partition coefficient (Wildman–Crippen LogP) is 3.00. The van der Waals surface area contributed by atoms with Crippen molar-refractivity contribution < 1.29 is 4.79 Å². The van der Waals surface area contributed by atoms with E-state index in [1.54, 1.807) is 0 Å². The minimum atomic E-state index is 0.389. The smallest absolute Gasteiger partial charge is 0.133 e. The maximum absolute atomic E-state index is 11.7. The van der Waals surface area contributed by atoms with Crippen molar-refractivity contribution in [2.24, 2.45) is 23.5 Å². The zero-order valence-electron chi connectivity index (χ0n) is 10.8. The van der Waals surface area contributed by atoms with Crippen molar-refractivity contribution in [3.63, 3.8) is 0 Å². The fourth-order valence-corrected chi connectivity index (χ4v) is 1.87. The van der Waals surface area contributed by atoms with Gasteiger partial charge in [-0.2, -0.15) is 0 Å². The van der Waals surface area contributed by atoms with Crippen LogP contribution in [0.15, 0.2) is 0 Å². The minimum absolute atomic E-state index is 0.389. The Labute approximate surface area is 94.6 Å². The average molecular weight is 213 g/mol. The molecule has 0 saturated carbocycles. The summed E-state index contributed by atoms with van der Waals surface area (Å²) >= 11 is 0. The maximum Gasteiger partial charge on any atom is 0.133 e. The highest BCUT2D eigenvalue weighted by Crippen LogP contribution is 2.17. The lowest BCUT2D eigenvalue weighted by Crippen LogP contribution is -2.20. The van der Waals surface area contributed by atoms with Gasteiger partial charge in [-0.25, -0.2) is 0 Å². The first-order valence-corrected chi connectivity index (χ1v) is 6.21. The normalized spacial score (nSPS) is 15.3. The van der Waals surface area contributed by atoms with Gasteiger partial charge in [0.1, 0.15) is 5.78 Å². The quantitative estimate of drug-likeness (QED) is 0.673. The molecule has 90 valence electrons. The monoisotopic (exact) mass is 213 g/mol. The zero-order chi connectivity index (χ0) is 11.8. The molecule has 2 N–H and O–H groups in total. The van der Waals surface area contributed by atoms with E-state index in [1.807, 2.05) is 0 Å². The first-order valence-electron chi connectivity index (χ1n) is 6.21. The summed E-state index contributed by atoms with van der Waals surface area (Å²) in [6.45, 7) is 9.28. The first-order chi connectivity index (χ1) is 6.99. The zero-order valence-corrected chi connectivity index (χ0v) is 10.8. The summed E-state index contributed by atoms with van der Waals surface area (Å²) in [7, 11) is 0. The number of carbonyl (C=O) groups excluding carboxylic acids is 1. The van der Waals surface area contributed by atoms with Gasteiger partial charge >= 0.3 is 0 Å². The molecule has 0 aromatic heterocycles. The minimum Gasteiger partial charge on any atom is -0.330 e. The van der Waals surface area contributed by atoms with Crippen LogP contribution in [0.4, 0.5) is 0 Å². The Bertz CT molecular complexity index is 177. The summed E-state index contributed by atoms with van der Waals surface area (Å²) in [5.74, 6) is 1.94. The van der Waals surface area contributed by atoms with E-state index in [-0.39, 0.29) is 0 Å². The Morgan fingerprint density at radius 1 is 1.20 bits per heavy atom. The van der Waals surface area contributed by atoms with Gasteiger partial charge in [0.2, 0.25) is 0 Å². The molecule has 15 heavy (non-hydrogen) atoms. The lowest BCUT2D eigenvalue weighted by molar-refractivity contribution is -0.120. The fraction of sp³-hybridized carbons (Fsp3) is 0.923. The molecule has 2 nitrogen and oxygen atoms in total. The maximum atomic E-state index is 11.7. The third-order valence-corrected chi connectivity index (χ3v) is 2.93. The van der Waals surface area contributed by atoms with Crippen LogP contribution in [0.5, 0.6) is 0 Å². The topological polar surface area (TPSA) is 43.1 Å². The molecule has 0 spiro atoms. The SMILES string of the molecule is CCC(C)CC(=O)CC(CN)CC(C)C. The number of hydrogen-bond donors (Lipinski definition) is 1. The van der Waals surface area contributed by atoms with Crippen molar-refractivity contribution in [1.29, 1.82) is 0 Å². The molecule has 0 aliphatic rings. The van der Waals surface area contributed by atoms with Crippen LogP contribution in [0.2, 0.25) is 0 Å². The van der Waals surface area contributed by atoms with Gasteiger partial charge in [-0.05, 0) is 30.7 Å². The molecular formula is C13H27NO. The van der Waals surface area contributed by atoms with E-state index in [4.69, 9.17) is 5.73 Å². The van der Waals surface area contributed by atoms with E-state index < -0.39 is 0 Å². The molecule has 0 fully saturated rings. The second-order valence-corrected chi connectivity index (χ2v) is 5.19. The third kappa shape index (κ3) is 7.55. The van der Waals surface area contributed by atoms with Gasteiger partial charge in [-0.1, -0.05) is 34.1 Å². The van der Waals surface area contributed by atoms with E-state index in [1.165, 1.54) is 0 Å². The van der Waals surface area contributed by atoms with Crippen LogP contribution in [0.1, 0.15) is 53.4 Å². The number of Topliss-reactive ketones (excluding diaryl/α,β-unsaturated/α-hetero) is 1. The number of ketones is 1. The van der Waals surface area contributed by atoms with Gasteiger partial charge in [-0.3, -0.25) is 4.79 Å². The molecule has 0 radical (unpaired) electrons. The largest absolute Gasteiger partial charge is 0.330 e. The molecule has 2 unspecified atom stereocenters. The lowest BCUT2D eigenvalue weighted by Gasteiger charge is -2.17. The van der Waals surface area contributed by atoms with E-state index in [2.05, 4.69) is 27.7 Å². The molecule has 0 aromatic carbocycles. The van der Waals surface area contributed by atoms with Gasteiger partial charge in [0, 0.05) is 12.8 Å². The summed E-state index contributed by atoms with van der Waals surface area (Å²) in [5, 5.41) is 0. The van der Waals surface area contributed by atoms with Crippen molar-refractivity contribution in [2.75, 3.05) is 6.54 Å². The van der Waals surface area contributed by atoms with Crippen molar-refractivity contribution in [1.82, 2.24) is 0 Å². The van der Waals surface area contributed by atoms with Gasteiger partial charge < -0.3 is 5.73 Å². The van der Waals surface area contributed by atoms with Crippen LogP contribution < -0.4 is 5.73 Å². The highest BCUT2D eigenvalue weighted by Gasteiger charge is 2.15. The second-order valence-electron chi connectivity index (χ2n) is 5.19. The van der Waals surface area contributed by atoms with E-state index >= 15 is 0 Å². The standard InChI is InChI=1S/C13H27NO/c1-5-11(4)7-13(15)8-12(9-14)6-10(2)3/h10-12H,5-9,14H2,1-4H3. The molecule has 2 atom stereocenters. The number of carbonyl (C=O) groups is 1. The molecule has 0 heterocycles. The second kappa shape index (κ2) is 7.86. The fourth-order valence-electron chi connectivity index (χ4n) is 1.87. The van der Waals surface area contributed by atoms with Crippen molar-refractivity contribution >= 4 is 5.78 Å². The van der Waals surface area contributed by atoms with E-state index in [0.717, 1.165) is 19.3 Å².